The summed E-state index contributed by atoms with van der Waals surface area (Å²) in [4.78, 5) is 14.4. The van der Waals surface area contributed by atoms with E-state index in [0.717, 1.165) is 42.0 Å². The third-order valence-corrected chi connectivity index (χ3v) is 4.50. The van der Waals surface area contributed by atoms with Crippen molar-refractivity contribution in [3.05, 3.63) is 27.7 Å². The monoisotopic (exact) mass is 447 g/mol. The number of nitrogens with one attached hydrogen (secondary N) is 2. The van der Waals surface area contributed by atoms with Crippen LogP contribution in [0.3, 0.4) is 0 Å². The van der Waals surface area contributed by atoms with Gasteiger partial charge in [-0.3, -0.25) is 4.99 Å². The van der Waals surface area contributed by atoms with Gasteiger partial charge in [0, 0.05) is 24.7 Å². The van der Waals surface area contributed by atoms with Gasteiger partial charge in [0.25, 0.3) is 0 Å². The summed E-state index contributed by atoms with van der Waals surface area (Å²) in [5.74, 6) is 2.59. The van der Waals surface area contributed by atoms with Gasteiger partial charge in [0.1, 0.15) is 16.7 Å². The fourth-order valence-corrected chi connectivity index (χ4v) is 3.33. The first-order chi connectivity index (χ1) is 10.7. The number of aromatic nitrogens is 4. The van der Waals surface area contributed by atoms with Crippen LogP contribution in [0.2, 0.25) is 0 Å². The molecule has 0 aromatic carbocycles. The number of rotatable bonds is 3. The van der Waals surface area contributed by atoms with Crippen LogP contribution in [-0.2, 0) is 13.1 Å². The van der Waals surface area contributed by atoms with Crippen molar-refractivity contribution in [3.63, 3.8) is 0 Å². The predicted molar refractivity (Wildman–Crippen MR) is 102 cm³/mol. The molecule has 0 spiro atoms. The van der Waals surface area contributed by atoms with Crippen molar-refractivity contribution < 1.29 is 0 Å². The molecule has 3 rings (SSSR count). The normalized spacial score (nSPS) is 17.3. The minimum Gasteiger partial charge on any atom is -0.350 e. The van der Waals surface area contributed by atoms with Gasteiger partial charge in [-0.1, -0.05) is 0 Å². The second kappa shape index (κ2) is 8.04. The van der Waals surface area contributed by atoms with E-state index in [1.54, 1.807) is 18.4 Å². The van der Waals surface area contributed by atoms with Gasteiger partial charge >= 0.3 is 0 Å². The molecule has 126 valence electrons. The SMILES string of the molecule is CN=C(NCc1ncc(C)s1)NC1CCCn2nc(C)nc21.I. The molecule has 2 N–H and O–H groups in total. The molecule has 0 amide bonds. The van der Waals surface area contributed by atoms with Gasteiger partial charge in [-0.05, 0) is 26.7 Å². The zero-order chi connectivity index (χ0) is 15.5. The molecule has 0 fully saturated rings. The molecule has 1 aliphatic rings. The maximum absolute atomic E-state index is 4.54. The molecule has 0 saturated heterocycles. The zero-order valence-corrected chi connectivity index (χ0v) is 16.7. The van der Waals surface area contributed by atoms with Gasteiger partial charge in [0.2, 0.25) is 0 Å². The van der Waals surface area contributed by atoms with E-state index in [-0.39, 0.29) is 30.0 Å². The third-order valence-electron chi connectivity index (χ3n) is 3.59. The molecular weight excluding hydrogens is 425 g/mol. The van der Waals surface area contributed by atoms with Crippen molar-refractivity contribution >= 4 is 41.3 Å². The quantitative estimate of drug-likeness (QED) is 0.429. The van der Waals surface area contributed by atoms with Gasteiger partial charge in [-0.15, -0.1) is 35.3 Å². The molecule has 7 nitrogen and oxygen atoms in total. The number of aliphatic imine (C=N–C) groups is 1. The minimum absolute atomic E-state index is 0. The molecule has 1 atom stereocenters. The Morgan fingerprint density at radius 1 is 1.48 bits per heavy atom. The van der Waals surface area contributed by atoms with E-state index in [4.69, 9.17) is 0 Å². The number of hydrogen-bond donors (Lipinski definition) is 2. The van der Waals surface area contributed by atoms with E-state index in [1.807, 2.05) is 17.8 Å². The average Bonchev–Trinajstić information content (AvgIpc) is 3.08. The second-order valence-corrected chi connectivity index (χ2v) is 6.69. The molecule has 9 heteroatoms. The average molecular weight is 447 g/mol. The van der Waals surface area contributed by atoms with Gasteiger partial charge in [0.05, 0.1) is 12.6 Å². The van der Waals surface area contributed by atoms with Crippen molar-refractivity contribution in [2.75, 3.05) is 7.05 Å². The first-order valence-electron chi connectivity index (χ1n) is 7.45. The molecule has 0 bridgehead atoms. The Hall–Kier alpha value is -1.23. The molecular formula is C14H22IN7S. The molecule has 1 unspecified atom stereocenters. The molecule has 0 radical (unpaired) electrons. The van der Waals surface area contributed by atoms with Crippen LogP contribution in [0.5, 0.6) is 0 Å². The molecule has 1 aliphatic heterocycles. The Morgan fingerprint density at radius 2 is 2.30 bits per heavy atom. The molecule has 23 heavy (non-hydrogen) atoms. The van der Waals surface area contributed by atoms with Crippen molar-refractivity contribution in [1.82, 2.24) is 30.4 Å². The van der Waals surface area contributed by atoms with Gasteiger partial charge in [0.15, 0.2) is 5.96 Å². The molecule has 3 heterocycles. The van der Waals surface area contributed by atoms with Crippen LogP contribution < -0.4 is 10.6 Å². The highest BCUT2D eigenvalue weighted by Crippen LogP contribution is 2.22. The van der Waals surface area contributed by atoms with E-state index in [0.29, 0.717) is 6.54 Å². The van der Waals surface area contributed by atoms with Gasteiger partial charge in [-0.2, -0.15) is 5.10 Å². The molecule has 2 aromatic rings. The highest BCUT2D eigenvalue weighted by atomic mass is 127. The predicted octanol–water partition coefficient (Wildman–Crippen LogP) is 2.17. The summed E-state index contributed by atoms with van der Waals surface area (Å²) >= 11 is 1.70. The Labute approximate surface area is 157 Å². The zero-order valence-electron chi connectivity index (χ0n) is 13.5. The van der Waals surface area contributed by atoms with E-state index in [9.17, 15) is 0 Å². The van der Waals surface area contributed by atoms with Crippen molar-refractivity contribution in [2.24, 2.45) is 4.99 Å². The summed E-state index contributed by atoms with van der Waals surface area (Å²) < 4.78 is 1.99. The number of thiazole rings is 1. The lowest BCUT2D eigenvalue weighted by atomic mass is 10.1. The van der Waals surface area contributed by atoms with Crippen molar-refractivity contribution in [2.45, 2.75) is 45.8 Å². The Balaban J connectivity index is 0.00000192. The number of guanidine groups is 1. The summed E-state index contributed by atoms with van der Waals surface area (Å²) in [6.45, 7) is 5.61. The second-order valence-electron chi connectivity index (χ2n) is 5.37. The largest absolute Gasteiger partial charge is 0.350 e. The van der Waals surface area contributed by atoms with Gasteiger partial charge in [-0.25, -0.2) is 14.6 Å². The highest BCUT2D eigenvalue weighted by molar-refractivity contribution is 14.0. The van der Waals surface area contributed by atoms with E-state index < -0.39 is 0 Å². The Bertz CT molecular complexity index is 678. The van der Waals surface area contributed by atoms with Crippen LogP contribution in [0.1, 0.15) is 40.4 Å². The van der Waals surface area contributed by atoms with Crippen LogP contribution in [0.25, 0.3) is 0 Å². The minimum atomic E-state index is 0. The summed E-state index contributed by atoms with van der Waals surface area (Å²) in [5, 5.41) is 12.2. The van der Waals surface area contributed by atoms with Crippen molar-refractivity contribution in [1.29, 1.82) is 0 Å². The Morgan fingerprint density at radius 3 is 3.00 bits per heavy atom. The van der Waals surface area contributed by atoms with Crippen LogP contribution in [0.4, 0.5) is 0 Å². The van der Waals surface area contributed by atoms with E-state index in [2.05, 4.69) is 37.6 Å². The van der Waals surface area contributed by atoms with Crippen LogP contribution >= 0.6 is 35.3 Å². The fraction of sp³-hybridized carbons (Fsp3) is 0.571. The summed E-state index contributed by atoms with van der Waals surface area (Å²) in [6, 6.07) is 0.152. The molecule has 0 saturated carbocycles. The maximum atomic E-state index is 4.54. The smallest absolute Gasteiger partial charge is 0.191 e. The number of halogens is 1. The van der Waals surface area contributed by atoms with Crippen LogP contribution in [-0.4, -0.2) is 32.8 Å². The van der Waals surface area contributed by atoms with Gasteiger partial charge < -0.3 is 10.6 Å². The summed E-state index contributed by atoms with van der Waals surface area (Å²) in [6.07, 6.45) is 4.02. The first-order valence-corrected chi connectivity index (χ1v) is 8.27. The van der Waals surface area contributed by atoms with Crippen LogP contribution in [0.15, 0.2) is 11.2 Å². The van der Waals surface area contributed by atoms with Crippen molar-refractivity contribution in [3.8, 4) is 0 Å². The first kappa shape index (κ1) is 18.1. The fourth-order valence-electron chi connectivity index (χ4n) is 2.61. The molecule has 0 aliphatic carbocycles. The third kappa shape index (κ3) is 4.40. The highest BCUT2D eigenvalue weighted by Gasteiger charge is 2.24. The number of nitrogens with zero attached hydrogens (tertiary/aromatic N) is 5. The number of fused-ring (bicyclic) bond motifs is 1. The molecule has 2 aromatic heterocycles. The lowest BCUT2D eigenvalue weighted by molar-refractivity contribution is 0.397. The number of hydrogen-bond acceptors (Lipinski definition) is 5. The number of aryl methyl sites for hydroxylation is 3. The maximum Gasteiger partial charge on any atom is 0.191 e. The van der Waals surface area contributed by atoms with Crippen LogP contribution in [0, 0.1) is 13.8 Å². The summed E-state index contributed by atoms with van der Waals surface area (Å²) in [5.41, 5.74) is 0. The standard InChI is InChI=1S/C14H21N7S.HI/c1-9-7-16-12(22-9)8-17-14(15-3)19-11-5-4-6-21-13(11)18-10(2)20-21;/h7,11H,4-6,8H2,1-3H3,(H2,15,17,19);1H. The van der Waals surface area contributed by atoms with E-state index in [1.165, 1.54) is 4.88 Å². The van der Waals surface area contributed by atoms with E-state index >= 15 is 0 Å². The lowest BCUT2D eigenvalue weighted by Gasteiger charge is -2.24. The summed E-state index contributed by atoms with van der Waals surface area (Å²) in [7, 11) is 1.78. The topological polar surface area (TPSA) is 80.0 Å². The Kier molecular flexibility index (Phi) is 6.33. The lowest BCUT2D eigenvalue weighted by Crippen LogP contribution is -2.41.